The molecule has 5 heteroatoms. The first-order valence-corrected chi connectivity index (χ1v) is 5.96. The lowest BCUT2D eigenvalue weighted by molar-refractivity contribution is 0.177. The summed E-state index contributed by atoms with van der Waals surface area (Å²) in [4.78, 5) is 0. The normalized spacial score (nSPS) is 12.7. The predicted molar refractivity (Wildman–Crippen MR) is 66.0 cm³/mol. The zero-order chi connectivity index (χ0) is 12.4. The van der Waals surface area contributed by atoms with Gasteiger partial charge in [-0.3, -0.25) is 4.68 Å². The van der Waals surface area contributed by atoms with E-state index in [9.17, 15) is 9.50 Å². The fourth-order valence-electron chi connectivity index (χ4n) is 1.63. The summed E-state index contributed by atoms with van der Waals surface area (Å²) in [5.74, 6) is -0.317. The molecule has 0 bridgehead atoms. The molecule has 0 aliphatic carbocycles. The van der Waals surface area contributed by atoms with Gasteiger partial charge in [-0.1, -0.05) is 22.0 Å². The van der Waals surface area contributed by atoms with Crippen molar-refractivity contribution in [3.63, 3.8) is 0 Å². The second-order valence-corrected chi connectivity index (χ2v) is 4.82. The first-order valence-electron chi connectivity index (χ1n) is 5.17. The Labute approximate surface area is 107 Å². The van der Waals surface area contributed by atoms with Crippen LogP contribution < -0.4 is 0 Å². The third kappa shape index (κ3) is 2.92. The van der Waals surface area contributed by atoms with Gasteiger partial charge >= 0.3 is 0 Å². The minimum Gasteiger partial charge on any atom is -0.388 e. The van der Waals surface area contributed by atoms with Gasteiger partial charge in [-0.25, -0.2) is 4.39 Å². The Balaban J connectivity index is 2.15. The summed E-state index contributed by atoms with van der Waals surface area (Å²) in [6.07, 6.45) is 2.81. The number of aliphatic hydroxyl groups excluding tert-OH is 1. The molecule has 1 heterocycles. The summed E-state index contributed by atoms with van der Waals surface area (Å²) in [6, 6.07) is 4.82. The Morgan fingerprint density at radius 2 is 2.29 bits per heavy atom. The average Bonchev–Trinajstić information content (AvgIpc) is 2.69. The molecule has 1 atom stereocenters. The maximum atomic E-state index is 13.6. The van der Waals surface area contributed by atoms with Crippen LogP contribution in [0.1, 0.15) is 17.2 Å². The summed E-state index contributed by atoms with van der Waals surface area (Å²) in [5, 5.41) is 13.9. The molecule has 1 unspecified atom stereocenters. The fraction of sp³-hybridized carbons (Fsp3) is 0.250. The minimum atomic E-state index is -0.737. The van der Waals surface area contributed by atoms with E-state index in [2.05, 4.69) is 21.0 Å². The second kappa shape index (κ2) is 4.98. The van der Waals surface area contributed by atoms with Crippen molar-refractivity contribution in [2.75, 3.05) is 0 Å². The van der Waals surface area contributed by atoms with Crippen molar-refractivity contribution >= 4 is 15.9 Å². The lowest BCUT2D eigenvalue weighted by Gasteiger charge is -2.09. The van der Waals surface area contributed by atoms with E-state index in [0.717, 1.165) is 0 Å². The van der Waals surface area contributed by atoms with Crippen molar-refractivity contribution in [3.8, 4) is 0 Å². The zero-order valence-corrected chi connectivity index (χ0v) is 10.9. The second-order valence-electron chi connectivity index (χ2n) is 3.90. The van der Waals surface area contributed by atoms with Crippen molar-refractivity contribution in [1.82, 2.24) is 9.78 Å². The Hall–Kier alpha value is -1.20. The van der Waals surface area contributed by atoms with Crippen LogP contribution in [0.15, 0.2) is 35.1 Å². The van der Waals surface area contributed by atoms with Gasteiger partial charge in [0.15, 0.2) is 0 Å². The van der Waals surface area contributed by atoms with Gasteiger partial charge in [0.1, 0.15) is 5.82 Å². The topological polar surface area (TPSA) is 38.0 Å². The molecule has 3 nitrogen and oxygen atoms in total. The number of rotatable bonds is 3. The Kier molecular flexibility index (Phi) is 3.59. The van der Waals surface area contributed by atoms with Crippen molar-refractivity contribution in [2.45, 2.75) is 12.5 Å². The molecule has 0 aliphatic heterocycles. The van der Waals surface area contributed by atoms with E-state index in [0.29, 0.717) is 15.6 Å². The molecular formula is C12H12BrFN2O. The molecule has 2 aromatic rings. The highest BCUT2D eigenvalue weighted by molar-refractivity contribution is 9.10. The molecule has 17 heavy (non-hydrogen) atoms. The molecule has 90 valence electrons. The maximum absolute atomic E-state index is 13.6. The summed E-state index contributed by atoms with van der Waals surface area (Å²) in [5.41, 5.74) is 1.18. The standard InChI is InChI=1S/C12H12BrFN2O/c1-16-7-9(6-15-16)12(17)4-8-2-3-10(13)5-11(8)14/h2-3,5-7,12,17H,4H2,1H3. The number of aromatic nitrogens is 2. The molecule has 0 saturated carbocycles. The smallest absolute Gasteiger partial charge is 0.127 e. The van der Waals surface area contributed by atoms with E-state index in [1.807, 2.05) is 0 Å². The summed E-state index contributed by atoms with van der Waals surface area (Å²) >= 11 is 3.19. The van der Waals surface area contributed by atoms with Gasteiger partial charge in [0.05, 0.1) is 12.3 Å². The molecule has 1 aromatic carbocycles. The first kappa shape index (κ1) is 12.3. The number of aryl methyl sites for hydroxylation is 1. The third-order valence-electron chi connectivity index (χ3n) is 2.54. The highest BCUT2D eigenvalue weighted by Gasteiger charge is 2.13. The van der Waals surface area contributed by atoms with Gasteiger partial charge in [-0.05, 0) is 17.7 Å². The van der Waals surface area contributed by atoms with Gasteiger partial charge in [0.25, 0.3) is 0 Å². The number of benzene rings is 1. The van der Waals surface area contributed by atoms with Crippen LogP contribution in [0.4, 0.5) is 4.39 Å². The number of nitrogens with zero attached hydrogens (tertiary/aromatic N) is 2. The van der Waals surface area contributed by atoms with Crippen LogP contribution in [-0.2, 0) is 13.5 Å². The highest BCUT2D eigenvalue weighted by atomic mass is 79.9. The van der Waals surface area contributed by atoms with Gasteiger partial charge in [0.2, 0.25) is 0 Å². The van der Waals surface area contributed by atoms with E-state index in [1.165, 1.54) is 6.07 Å². The first-order chi connectivity index (χ1) is 8.06. The molecule has 0 saturated heterocycles. The Bertz CT molecular complexity index is 527. The molecular weight excluding hydrogens is 287 g/mol. The third-order valence-corrected chi connectivity index (χ3v) is 3.03. The number of halogens is 2. The van der Waals surface area contributed by atoms with Crippen LogP contribution in [-0.4, -0.2) is 14.9 Å². The average molecular weight is 299 g/mol. The van der Waals surface area contributed by atoms with Crippen LogP contribution in [0.3, 0.4) is 0 Å². The fourth-order valence-corrected chi connectivity index (χ4v) is 1.96. The van der Waals surface area contributed by atoms with Crippen LogP contribution in [0.25, 0.3) is 0 Å². The minimum absolute atomic E-state index is 0.241. The van der Waals surface area contributed by atoms with Crippen molar-refractivity contribution in [1.29, 1.82) is 0 Å². The number of hydrogen-bond acceptors (Lipinski definition) is 2. The molecule has 2 rings (SSSR count). The molecule has 0 radical (unpaired) electrons. The molecule has 0 spiro atoms. The molecule has 0 amide bonds. The van der Waals surface area contributed by atoms with Crippen LogP contribution in [0.5, 0.6) is 0 Å². The Morgan fingerprint density at radius 3 is 2.88 bits per heavy atom. The quantitative estimate of drug-likeness (QED) is 0.946. The number of aliphatic hydroxyl groups is 1. The zero-order valence-electron chi connectivity index (χ0n) is 9.27. The van der Waals surface area contributed by atoms with Crippen molar-refractivity contribution in [3.05, 3.63) is 52.0 Å². The molecule has 0 fully saturated rings. The summed E-state index contributed by atoms with van der Waals surface area (Å²) in [6.45, 7) is 0. The van der Waals surface area contributed by atoms with Gasteiger partial charge in [0, 0.05) is 29.7 Å². The largest absolute Gasteiger partial charge is 0.388 e. The lowest BCUT2D eigenvalue weighted by Crippen LogP contribution is -2.02. The van der Waals surface area contributed by atoms with E-state index in [4.69, 9.17) is 0 Å². The lowest BCUT2D eigenvalue weighted by atomic mass is 10.0. The highest BCUT2D eigenvalue weighted by Crippen LogP contribution is 2.21. The molecule has 1 N–H and O–H groups in total. The maximum Gasteiger partial charge on any atom is 0.127 e. The van der Waals surface area contributed by atoms with Crippen molar-refractivity contribution < 1.29 is 9.50 Å². The van der Waals surface area contributed by atoms with Crippen LogP contribution >= 0.6 is 15.9 Å². The molecule has 0 aliphatic rings. The van der Waals surface area contributed by atoms with Crippen LogP contribution in [0.2, 0.25) is 0 Å². The Morgan fingerprint density at radius 1 is 1.53 bits per heavy atom. The van der Waals surface area contributed by atoms with Gasteiger partial charge < -0.3 is 5.11 Å². The van der Waals surface area contributed by atoms with E-state index >= 15 is 0 Å². The van der Waals surface area contributed by atoms with Gasteiger partial charge in [-0.15, -0.1) is 0 Å². The SMILES string of the molecule is Cn1cc(C(O)Cc2ccc(Br)cc2F)cn1. The number of hydrogen-bond donors (Lipinski definition) is 1. The summed E-state index contributed by atoms with van der Waals surface area (Å²) < 4.78 is 15.9. The predicted octanol–water partition coefficient (Wildman–Crippen LogP) is 2.60. The summed E-state index contributed by atoms with van der Waals surface area (Å²) in [7, 11) is 1.77. The monoisotopic (exact) mass is 298 g/mol. The van der Waals surface area contributed by atoms with E-state index in [-0.39, 0.29) is 12.2 Å². The van der Waals surface area contributed by atoms with Crippen LogP contribution in [0, 0.1) is 5.82 Å². The van der Waals surface area contributed by atoms with Gasteiger partial charge in [-0.2, -0.15) is 5.10 Å². The van der Waals surface area contributed by atoms with E-state index < -0.39 is 6.10 Å². The molecule has 1 aromatic heterocycles. The van der Waals surface area contributed by atoms with E-state index in [1.54, 1.807) is 36.3 Å². The van der Waals surface area contributed by atoms with Crippen molar-refractivity contribution in [2.24, 2.45) is 7.05 Å².